The molecule has 0 saturated carbocycles. The minimum absolute atomic E-state index is 0.0456. The Morgan fingerprint density at radius 1 is 1.08 bits per heavy atom. The van der Waals surface area contributed by atoms with Gasteiger partial charge in [0.05, 0.1) is 16.1 Å². The molecule has 4 amide bonds. The van der Waals surface area contributed by atoms with Gasteiger partial charge in [0, 0.05) is 18.8 Å². The van der Waals surface area contributed by atoms with Gasteiger partial charge in [-0.15, -0.1) is 0 Å². The van der Waals surface area contributed by atoms with Gasteiger partial charge in [-0.05, 0) is 30.3 Å². The van der Waals surface area contributed by atoms with E-state index in [1.54, 1.807) is 24.3 Å². The Kier molecular flexibility index (Phi) is 4.67. The Bertz CT molecular complexity index is 837. The number of imide groups is 1. The second-order valence-electron chi connectivity index (χ2n) is 5.32. The molecule has 2 N–H and O–H groups in total. The summed E-state index contributed by atoms with van der Waals surface area (Å²) in [4.78, 5) is 37.2. The number of fused-ring (bicyclic) bond motifs is 1. The largest absolute Gasteiger partial charge is 0.336 e. The van der Waals surface area contributed by atoms with Crippen molar-refractivity contribution in [2.75, 3.05) is 18.4 Å². The van der Waals surface area contributed by atoms with Gasteiger partial charge in [-0.1, -0.05) is 23.7 Å². The van der Waals surface area contributed by atoms with Gasteiger partial charge in [-0.3, -0.25) is 14.5 Å². The Labute approximate surface area is 147 Å². The van der Waals surface area contributed by atoms with E-state index in [0.717, 1.165) is 11.0 Å². The van der Waals surface area contributed by atoms with Crippen molar-refractivity contribution in [1.29, 1.82) is 0 Å². The summed E-state index contributed by atoms with van der Waals surface area (Å²) in [6.07, 6.45) is 0. The summed E-state index contributed by atoms with van der Waals surface area (Å²) in [5, 5.41) is 4.90. The Balaban J connectivity index is 1.53. The molecule has 0 aromatic heterocycles. The van der Waals surface area contributed by atoms with Crippen molar-refractivity contribution < 1.29 is 18.8 Å². The van der Waals surface area contributed by atoms with Gasteiger partial charge in [-0.25, -0.2) is 9.18 Å². The predicted octanol–water partition coefficient (Wildman–Crippen LogP) is 2.90. The molecule has 0 saturated heterocycles. The van der Waals surface area contributed by atoms with E-state index in [1.165, 1.54) is 12.1 Å². The van der Waals surface area contributed by atoms with Crippen molar-refractivity contribution in [2.24, 2.45) is 0 Å². The quantitative estimate of drug-likeness (QED) is 0.822. The van der Waals surface area contributed by atoms with Crippen molar-refractivity contribution in [3.8, 4) is 0 Å². The zero-order valence-electron chi connectivity index (χ0n) is 12.9. The molecule has 8 heteroatoms. The molecule has 0 atom stereocenters. The fourth-order valence-corrected chi connectivity index (χ4v) is 2.65. The van der Waals surface area contributed by atoms with Gasteiger partial charge >= 0.3 is 6.03 Å². The van der Waals surface area contributed by atoms with E-state index in [4.69, 9.17) is 11.6 Å². The molecule has 128 valence electrons. The Morgan fingerprint density at radius 3 is 2.32 bits per heavy atom. The number of amides is 4. The lowest BCUT2D eigenvalue weighted by molar-refractivity contribution is 0.0656. The van der Waals surface area contributed by atoms with Gasteiger partial charge in [-0.2, -0.15) is 0 Å². The third kappa shape index (κ3) is 3.46. The first-order valence-corrected chi connectivity index (χ1v) is 7.80. The lowest BCUT2D eigenvalue weighted by Crippen LogP contribution is -2.39. The van der Waals surface area contributed by atoms with Crippen LogP contribution in [0, 0.1) is 5.82 Å². The number of anilines is 1. The van der Waals surface area contributed by atoms with Gasteiger partial charge in [0.25, 0.3) is 11.8 Å². The van der Waals surface area contributed by atoms with Crippen LogP contribution >= 0.6 is 11.6 Å². The average molecular weight is 362 g/mol. The molecule has 25 heavy (non-hydrogen) atoms. The summed E-state index contributed by atoms with van der Waals surface area (Å²) in [5.41, 5.74) is 1.04. The van der Waals surface area contributed by atoms with E-state index in [9.17, 15) is 18.8 Å². The standard InChI is InChI=1S/C17H13ClFN3O3/c18-13-9-10(5-6-14(13)19)21-17(25)20-7-8-22-15(23)11-3-1-2-4-12(11)16(22)24/h1-6,9H,7-8H2,(H2,20,21,25). The highest BCUT2D eigenvalue weighted by atomic mass is 35.5. The van der Waals surface area contributed by atoms with Crippen LogP contribution in [0.5, 0.6) is 0 Å². The van der Waals surface area contributed by atoms with E-state index in [1.807, 2.05) is 0 Å². The molecular formula is C17H13ClFN3O3. The van der Waals surface area contributed by atoms with E-state index in [2.05, 4.69) is 10.6 Å². The molecular weight excluding hydrogens is 349 g/mol. The van der Waals surface area contributed by atoms with Crippen molar-refractivity contribution in [1.82, 2.24) is 10.2 Å². The second kappa shape index (κ2) is 6.90. The van der Waals surface area contributed by atoms with Crippen LogP contribution in [0.25, 0.3) is 0 Å². The highest BCUT2D eigenvalue weighted by molar-refractivity contribution is 6.31. The number of hydrogen-bond acceptors (Lipinski definition) is 3. The SMILES string of the molecule is O=C(NCCN1C(=O)c2ccccc2C1=O)Nc1ccc(F)c(Cl)c1. The maximum absolute atomic E-state index is 13.1. The first-order valence-electron chi connectivity index (χ1n) is 7.42. The van der Waals surface area contributed by atoms with Crippen LogP contribution in [-0.4, -0.2) is 35.8 Å². The summed E-state index contributed by atoms with van der Waals surface area (Å²) < 4.78 is 13.1. The van der Waals surface area contributed by atoms with Crippen molar-refractivity contribution in [3.63, 3.8) is 0 Å². The zero-order chi connectivity index (χ0) is 18.0. The molecule has 0 spiro atoms. The van der Waals surface area contributed by atoms with Crippen LogP contribution in [0.4, 0.5) is 14.9 Å². The Hall–Kier alpha value is -2.93. The topological polar surface area (TPSA) is 78.5 Å². The number of carbonyl (C=O) groups is 3. The monoisotopic (exact) mass is 361 g/mol. The molecule has 0 radical (unpaired) electrons. The minimum Gasteiger partial charge on any atom is -0.336 e. The molecule has 0 fully saturated rings. The molecule has 1 heterocycles. The number of carbonyl (C=O) groups excluding carboxylic acids is 3. The normalized spacial score (nSPS) is 13.0. The van der Waals surface area contributed by atoms with Gasteiger partial charge in [0.2, 0.25) is 0 Å². The number of nitrogens with one attached hydrogen (secondary N) is 2. The van der Waals surface area contributed by atoms with Crippen LogP contribution in [0.3, 0.4) is 0 Å². The summed E-state index contributed by atoms with van der Waals surface area (Å²) in [5.74, 6) is -1.35. The molecule has 0 bridgehead atoms. The second-order valence-corrected chi connectivity index (χ2v) is 5.72. The number of halogens is 2. The first-order chi connectivity index (χ1) is 12.0. The molecule has 0 aliphatic carbocycles. The highest BCUT2D eigenvalue weighted by Crippen LogP contribution is 2.22. The maximum atomic E-state index is 13.1. The highest BCUT2D eigenvalue weighted by Gasteiger charge is 2.34. The summed E-state index contributed by atoms with van der Waals surface area (Å²) >= 11 is 5.64. The predicted molar refractivity (Wildman–Crippen MR) is 90.2 cm³/mol. The minimum atomic E-state index is -0.585. The number of rotatable bonds is 4. The van der Waals surface area contributed by atoms with Crippen LogP contribution in [-0.2, 0) is 0 Å². The van der Waals surface area contributed by atoms with E-state index in [-0.39, 0.29) is 29.9 Å². The van der Waals surface area contributed by atoms with Gasteiger partial charge < -0.3 is 10.6 Å². The van der Waals surface area contributed by atoms with Gasteiger partial charge in [0.15, 0.2) is 0 Å². The molecule has 6 nitrogen and oxygen atoms in total. The zero-order valence-corrected chi connectivity index (χ0v) is 13.6. The summed E-state index contributed by atoms with van der Waals surface area (Å²) in [7, 11) is 0. The van der Waals surface area contributed by atoms with Crippen molar-refractivity contribution in [3.05, 3.63) is 64.4 Å². The molecule has 2 aromatic rings. The molecule has 2 aromatic carbocycles. The average Bonchev–Trinajstić information content (AvgIpc) is 2.83. The summed E-state index contributed by atoms with van der Waals surface area (Å²) in [6, 6.07) is 9.78. The van der Waals surface area contributed by atoms with Gasteiger partial charge in [0.1, 0.15) is 5.82 Å². The number of nitrogens with zero attached hydrogens (tertiary/aromatic N) is 1. The van der Waals surface area contributed by atoms with E-state index >= 15 is 0 Å². The number of hydrogen-bond donors (Lipinski definition) is 2. The van der Waals surface area contributed by atoms with Crippen LogP contribution in [0.2, 0.25) is 5.02 Å². The third-order valence-electron chi connectivity index (χ3n) is 3.68. The molecule has 3 rings (SSSR count). The van der Waals surface area contributed by atoms with Crippen LogP contribution in [0.15, 0.2) is 42.5 Å². The lowest BCUT2D eigenvalue weighted by Gasteiger charge is -2.14. The number of urea groups is 1. The van der Waals surface area contributed by atoms with Crippen molar-refractivity contribution >= 4 is 35.1 Å². The van der Waals surface area contributed by atoms with E-state index < -0.39 is 11.8 Å². The third-order valence-corrected chi connectivity index (χ3v) is 3.97. The fourth-order valence-electron chi connectivity index (χ4n) is 2.47. The molecule has 1 aliphatic rings. The molecule has 0 unspecified atom stereocenters. The van der Waals surface area contributed by atoms with Crippen LogP contribution < -0.4 is 10.6 Å². The smallest absolute Gasteiger partial charge is 0.319 e. The number of benzene rings is 2. The van der Waals surface area contributed by atoms with E-state index in [0.29, 0.717) is 16.8 Å². The Morgan fingerprint density at radius 2 is 1.72 bits per heavy atom. The van der Waals surface area contributed by atoms with Crippen molar-refractivity contribution in [2.45, 2.75) is 0 Å². The first kappa shape index (κ1) is 16.9. The summed E-state index contributed by atoms with van der Waals surface area (Å²) in [6.45, 7) is 0.121. The fraction of sp³-hybridized carbons (Fsp3) is 0.118. The maximum Gasteiger partial charge on any atom is 0.319 e. The molecule has 1 aliphatic heterocycles. The lowest BCUT2D eigenvalue weighted by atomic mass is 10.1. The van der Waals surface area contributed by atoms with Crippen LogP contribution in [0.1, 0.15) is 20.7 Å².